The highest BCUT2D eigenvalue weighted by Crippen LogP contribution is 2.27. The van der Waals surface area contributed by atoms with E-state index in [0.29, 0.717) is 11.5 Å². The van der Waals surface area contributed by atoms with Crippen LogP contribution < -0.4 is 5.32 Å². The number of hydrogen-bond donors (Lipinski definition) is 1. The van der Waals surface area contributed by atoms with Crippen LogP contribution in [0, 0.1) is 6.92 Å². The van der Waals surface area contributed by atoms with E-state index in [4.69, 9.17) is 0 Å². The van der Waals surface area contributed by atoms with Crippen molar-refractivity contribution in [1.29, 1.82) is 0 Å². The van der Waals surface area contributed by atoms with Crippen molar-refractivity contribution in [3.63, 3.8) is 0 Å². The minimum Gasteiger partial charge on any atom is -0.340 e. The maximum Gasteiger partial charge on any atom is 0.453 e. The van der Waals surface area contributed by atoms with Crippen LogP contribution in [0.25, 0.3) is 5.78 Å². The van der Waals surface area contributed by atoms with Crippen LogP contribution in [0.1, 0.15) is 17.1 Å². The predicted molar refractivity (Wildman–Crippen MR) is 87.5 cm³/mol. The van der Waals surface area contributed by atoms with Crippen LogP contribution in [0.4, 0.5) is 24.7 Å². The molecule has 2 heterocycles. The molecule has 1 aromatic carbocycles. The van der Waals surface area contributed by atoms with E-state index < -0.39 is 12.0 Å². The second-order valence-electron chi connectivity index (χ2n) is 5.18. The molecule has 0 bridgehead atoms. The lowest BCUT2D eigenvalue weighted by Gasteiger charge is -2.09. The second kappa shape index (κ2) is 6.31. The van der Waals surface area contributed by atoms with Crippen molar-refractivity contribution < 1.29 is 13.2 Å². The molecule has 0 unspecified atom stereocenters. The second-order valence-corrected chi connectivity index (χ2v) is 6.05. The third-order valence-electron chi connectivity index (χ3n) is 3.23. The highest BCUT2D eigenvalue weighted by Gasteiger charge is 2.36. The van der Waals surface area contributed by atoms with Gasteiger partial charge in [-0.1, -0.05) is 12.1 Å². The van der Waals surface area contributed by atoms with E-state index in [1.54, 1.807) is 24.8 Å². The van der Waals surface area contributed by atoms with Crippen LogP contribution in [0.3, 0.4) is 0 Å². The van der Waals surface area contributed by atoms with Crippen LogP contribution in [0.2, 0.25) is 0 Å². The first-order chi connectivity index (χ1) is 11.4. The number of nitrogens with one attached hydrogen (secondary N) is 1. The van der Waals surface area contributed by atoms with Gasteiger partial charge in [-0.25, -0.2) is 4.98 Å². The summed E-state index contributed by atoms with van der Waals surface area (Å²) in [5, 5.41) is 6.59. The minimum atomic E-state index is -4.61. The Hall–Kier alpha value is -2.29. The molecule has 0 aliphatic carbocycles. The van der Waals surface area contributed by atoms with Crippen molar-refractivity contribution >= 4 is 29.0 Å². The fourth-order valence-electron chi connectivity index (χ4n) is 2.19. The molecule has 0 saturated heterocycles. The first kappa shape index (κ1) is 16.6. The van der Waals surface area contributed by atoms with Crippen molar-refractivity contribution in [1.82, 2.24) is 19.6 Å². The molecular weight excluding hydrogens is 339 g/mol. The number of aryl methyl sites for hydroxylation is 1. The zero-order valence-electron chi connectivity index (χ0n) is 12.9. The molecule has 2 aromatic heterocycles. The fourth-order valence-corrected chi connectivity index (χ4v) is 2.72. The summed E-state index contributed by atoms with van der Waals surface area (Å²) >= 11 is 1.72. The molecule has 0 radical (unpaired) electrons. The van der Waals surface area contributed by atoms with Gasteiger partial charge in [0.05, 0.1) is 0 Å². The highest BCUT2D eigenvalue weighted by molar-refractivity contribution is 7.97. The molecule has 0 aliphatic heterocycles. The lowest BCUT2D eigenvalue weighted by Crippen LogP contribution is -2.08. The van der Waals surface area contributed by atoms with Gasteiger partial charge < -0.3 is 5.32 Å². The SMILES string of the molecule is CSCc1ccc(Nc2cc(C)nc3nc(C(F)(F)F)nn23)cc1. The molecule has 0 amide bonds. The number of anilines is 2. The van der Waals surface area contributed by atoms with Gasteiger partial charge in [-0.15, -0.1) is 5.10 Å². The van der Waals surface area contributed by atoms with E-state index in [-0.39, 0.29) is 5.78 Å². The van der Waals surface area contributed by atoms with E-state index in [1.165, 1.54) is 5.56 Å². The predicted octanol–water partition coefficient (Wildman–Crippen LogP) is 4.06. The van der Waals surface area contributed by atoms with Crippen molar-refractivity contribution in [3.8, 4) is 0 Å². The number of halogens is 3. The van der Waals surface area contributed by atoms with Crippen molar-refractivity contribution in [2.45, 2.75) is 18.9 Å². The van der Waals surface area contributed by atoms with E-state index in [2.05, 4.69) is 20.4 Å². The number of fused-ring (bicyclic) bond motifs is 1. The van der Waals surface area contributed by atoms with Crippen LogP contribution in [0.15, 0.2) is 30.3 Å². The summed E-state index contributed by atoms with van der Waals surface area (Å²) < 4.78 is 39.5. The molecule has 0 fully saturated rings. The fraction of sp³-hybridized carbons (Fsp3) is 0.267. The maximum atomic E-state index is 12.8. The third-order valence-corrected chi connectivity index (χ3v) is 3.85. The summed E-state index contributed by atoms with van der Waals surface area (Å²) in [6, 6.07) is 9.29. The van der Waals surface area contributed by atoms with Crippen LogP contribution >= 0.6 is 11.8 Å². The topological polar surface area (TPSA) is 55.1 Å². The lowest BCUT2D eigenvalue weighted by molar-refractivity contribution is -0.144. The average Bonchev–Trinajstić information content (AvgIpc) is 2.94. The van der Waals surface area contributed by atoms with Gasteiger partial charge in [0.25, 0.3) is 11.6 Å². The molecule has 24 heavy (non-hydrogen) atoms. The van der Waals surface area contributed by atoms with Gasteiger partial charge in [0.1, 0.15) is 5.82 Å². The Bertz CT molecular complexity index is 858. The lowest BCUT2D eigenvalue weighted by atomic mass is 10.2. The Morgan fingerprint density at radius 2 is 1.88 bits per heavy atom. The van der Waals surface area contributed by atoms with Gasteiger partial charge >= 0.3 is 6.18 Å². The Balaban J connectivity index is 1.97. The summed E-state index contributed by atoms with van der Waals surface area (Å²) in [5.41, 5.74) is 2.46. The summed E-state index contributed by atoms with van der Waals surface area (Å²) in [6.07, 6.45) is -2.59. The summed E-state index contributed by atoms with van der Waals surface area (Å²) in [7, 11) is 0. The number of thioether (sulfide) groups is 1. The minimum absolute atomic E-state index is 0.0937. The molecule has 0 atom stereocenters. The van der Waals surface area contributed by atoms with Crippen molar-refractivity contribution in [3.05, 3.63) is 47.4 Å². The molecule has 5 nitrogen and oxygen atoms in total. The normalized spacial score (nSPS) is 11.9. The van der Waals surface area contributed by atoms with Crippen molar-refractivity contribution in [2.24, 2.45) is 0 Å². The Labute approximate surface area is 140 Å². The first-order valence-electron chi connectivity index (χ1n) is 7.03. The molecule has 3 rings (SSSR count). The van der Waals surface area contributed by atoms with E-state index in [1.807, 2.05) is 30.5 Å². The molecule has 3 aromatic rings. The summed E-state index contributed by atoms with van der Waals surface area (Å²) in [4.78, 5) is 7.46. The summed E-state index contributed by atoms with van der Waals surface area (Å²) in [5.74, 6) is -0.0300. The van der Waals surface area contributed by atoms with Crippen molar-refractivity contribution in [2.75, 3.05) is 11.6 Å². The molecule has 0 spiro atoms. The molecule has 0 aliphatic rings. The van der Waals surface area contributed by atoms with E-state index >= 15 is 0 Å². The molecule has 9 heteroatoms. The largest absolute Gasteiger partial charge is 0.453 e. The third kappa shape index (κ3) is 3.45. The standard InChI is InChI=1S/C15H14F3N5S/c1-9-7-12(20-11-5-3-10(4-6-11)8-24-2)23-14(19-9)21-13(22-23)15(16,17)18/h3-7,20H,8H2,1-2H3. The van der Waals surface area contributed by atoms with Gasteiger partial charge in [-0.2, -0.15) is 34.4 Å². The van der Waals surface area contributed by atoms with Gasteiger partial charge in [-0.3, -0.25) is 0 Å². The summed E-state index contributed by atoms with van der Waals surface area (Å²) in [6.45, 7) is 1.69. The Morgan fingerprint density at radius 3 is 2.50 bits per heavy atom. The molecule has 126 valence electrons. The number of rotatable bonds is 4. The number of aromatic nitrogens is 4. The molecular formula is C15H14F3N5S. The van der Waals surface area contributed by atoms with Crippen LogP contribution in [-0.4, -0.2) is 25.8 Å². The van der Waals surface area contributed by atoms with Crippen LogP contribution in [-0.2, 0) is 11.9 Å². The van der Waals surface area contributed by atoms with Gasteiger partial charge in [-0.05, 0) is 30.9 Å². The Morgan fingerprint density at radius 1 is 1.17 bits per heavy atom. The van der Waals surface area contributed by atoms with E-state index in [9.17, 15) is 13.2 Å². The average molecular weight is 353 g/mol. The zero-order valence-corrected chi connectivity index (χ0v) is 13.7. The number of hydrogen-bond acceptors (Lipinski definition) is 5. The molecule has 0 saturated carbocycles. The quantitative estimate of drug-likeness (QED) is 0.767. The van der Waals surface area contributed by atoms with Gasteiger partial charge in [0.2, 0.25) is 0 Å². The van der Waals surface area contributed by atoms with E-state index in [0.717, 1.165) is 16.0 Å². The smallest absolute Gasteiger partial charge is 0.340 e. The van der Waals surface area contributed by atoms with Crippen LogP contribution in [0.5, 0.6) is 0 Å². The zero-order chi connectivity index (χ0) is 17.3. The maximum absolute atomic E-state index is 12.8. The molecule has 1 N–H and O–H groups in total. The highest BCUT2D eigenvalue weighted by atomic mass is 32.2. The first-order valence-corrected chi connectivity index (χ1v) is 8.43. The number of benzene rings is 1. The monoisotopic (exact) mass is 353 g/mol. The van der Waals surface area contributed by atoms with Gasteiger partial charge in [0, 0.05) is 23.2 Å². The number of alkyl halides is 3. The Kier molecular flexibility index (Phi) is 4.35. The number of nitrogens with zero attached hydrogens (tertiary/aromatic N) is 4. The van der Waals surface area contributed by atoms with Gasteiger partial charge in [0.15, 0.2) is 0 Å².